The summed E-state index contributed by atoms with van der Waals surface area (Å²) in [5.41, 5.74) is 0.700. The van der Waals surface area contributed by atoms with Gasteiger partial charge in [-0.3, -0.25) is 4.98 Å². The second kappa shape index (κ2) is 8.36. The van der Waals surface area contributed by atoms with E-state index in [4.69, 9.17) is 9.26 Å². The highest BCUT2D eigenvalue weighted by Gasteiger charge is 2.32. The Morgan fingerprint density at radius 2 is 2.10 bits per heavy atom. The fourth-order valence-electron chi connectivity index (χ4n) is 3.16. The van der Waals surface area contributed by atoms with Gasteiger partial charge in [0.25, 0.3) is 5.89 Å². The van der Waals surface area contributed by atoms with Gasteiger partial charge in [-0.2, -0.15) is 9.29 Å². The maximum atomic E-state index is 14.0. The smallest absolute Gasteiger partial charge is 0.259 e. The number of pyridine rings is 1. The molecule has 1 unspecified atom stereocenters. The van der Waals surface area contributed by atoms with Crippen molar-refractivity contribution in [2.24, 2.45) is 0 Å². The summed E-state index contributed by atoms with van der Waals surface area (Å²) in [6.07, 6.45) is 4.23. The van der Waals surface area contributed by atoms with Crippen LogP contribution in [-0.2, 0) is 21.4 Å². The molecule has 3 aromatic rings. The fourth-order valence-corrected chi connectivity index (χ4v) is 4.74. The van der Waals surface area contributed by atoms with Crippen molar-refractivity contribution in [1.82, 2.24) is 19.4 Å². The third-order valence-electron chi connectivity index (χ3n) is 4.62. The zero-order valence-electron chi connectivity index (χ0n) is 15.4. The van der Waals surface area contributed by atoms with Crippen LogP contribution in [0.3, 0.4) is 0 Å². The molecule has 3 heterocycles. The Morgan fingerprint density at radius 1 is 1.24 bits per heavy atom. The monoisotopic (exact) mass is 418 g/mol. The van der Waals surface area contributed by atoms with Gasteiger partial charge >= 0.3 is 0 Å². The largest absolute Gasteiger partial charge is 0.369 e. The lowest BCUT2D eigenvalue weighted by Gasteiger charge is -2.31. The molecule has 0 N–H and O–H groups in total. The molecule has 1 aliphatic heterocycles. The van der Waals surface area contributed by atoms with Crippen molar-refractivity contribution in [3.8, 4) is 11.5 Å². The number of benzene rings is 1. The molecule has 0 saturated carbocycles. The molecule has 0 amide bonds. The van der Waals surface area contributed by atoms with Gasteiger partial charge in [-0.15, -0.1) is 0 Å². The van der Waals surface area contributed by atoms with Crippen molar-refractivity contribution in [2.45, 2.75) is 30.4 Å². The molecular formula is C19H19FN4O4S. The van der Waals surface area contributed by atoms with Gasteiger partial charge in [0.05, 0.1) is 11.7 Å². The molecule has 152 valence electrons. The van der Waals surface area contributed by atoms with E-state index in [1.165, 1.54) is 22.5 Å². The highest BCUT2D eigenvalue weighted by Crippen LogP contribution is 2.24. The van der Waals surface area contributed by atoms with Gasteiger partial charge in [-0.05, 0) is 37.1 Å². The van der Waals surface area contributed by atoms with Crippen LogP contribution in [0, 0.1) is 5.82 Å². The standard InChI is InChI=1S/C19H19FN4O4S/c20-16-7-1-2-8-17(16)29(25,26)24-10-4-6-15(12-24)27-13-18-22-19(28-23-18)14-5-3-9-21-11-14/h1-3,5,7-9,11,15H,4,6,10,12-13H2. The third-order valence-corrected chi connectivity index (χ3v) is 6.52. The number of sulfonamides is 1. The van der Waals surface area contributed by atoms with Crippen molar-refractivity contribution in [2.75, 3.05) is 13.1 Å². The van der Waals surface area contributed by atoms with E-state index in [1.807, 2.05) is 0 Å². The third kappa shape index (κ3) is 4.34. The maximum Gasteiger partial charge on any atom is 0.259 e. The molecule has 29 heavy (non-hydrogen) atoms. The Bertz CT molecular complexity index is 1070. The zero-order chi connectivity index (χ0) is 20.3. The first-order chi connectivity index (χ1) is 14.0. The number of hydrogen-bond acceptors (Lipinski definition) is 7. The van der Waals surface area contributed by atoms with Crippen molar-refractivity contribution < 1.29 is 22.1 Å². The fraction of sp³-hybridized carbons (Fsp3) is 0.316. The minimum Gasteiger partial charge on any atom is -0.369 e. The number of halogens is 1. The first-order valence-corrected chi connectivity index (χ1v) is 10.6. The van der Waals surface area contributed by atoms with Crippen LogP contribution in [0.25, 0.3) is 11.5 Å². The van der Waals surface area contributed by atoms with E-state index in [1.54, 1.807) is 24.5 Å². The lowest BCUT2D eigenvalue weighted by atomic mass is 10.1. The van der Waals surface area contributed by atoms with Crippen molar-refractivity contribution in [1.29, 1.82) is 0 Å². The topological polar surface area (TPSA) is 98.4 Å². The summed E-state index contributed by atoms with van der Waals surface area (Å²) in [6, 6.07) is 8.94. The molecule has 8 nitrogen and oxygen atoms in total. The minimum atomic E-state index is -3.92. The van der Waals surface area contributed by atoms with E-state index >= 15 is 0 Å². The molecule has 0 radical (unpaired) electrons. The highest BCUT2D eigenvalue weighted by atomic mass is 32.2. The van der Waals surface area contributed by atoms with E-state index in [2.05, 4.69) is 15.1 Å². The van der Waals surface area contributed by atoms with Crippen LogP contribution in [0.5, 0.6) is 0 Å². The molecule has 4 rings (SSSR count). The Hall–Kier alpha value is -2.69. The predicted molar refractivity (Wildman–Crippen MR) is 100 cm³/mol. The molecule has 0 spiro atoms. The molecule has 10 heteroatoms. The highest BCUT2D eigenvalue weighted by molar-refractivity contribution is 7.89. The van der Waals surface area contributed by atoms with Crippen LogP contribution in [0.15, 0.2) is 58.2 Å². The van der Waals surface area contributed by atoms with Gasteiger partial charge in [0, 0.05) is 25.5 Å². The Morgan fingerprint density at radius 3 is 2.90 bits per heavy atom. The van der Waals surface area contributed by atoms with E-state index < -0.39 is 15.8 Å². The van der Waals surface area contributed by atoms with Crippen LogP contribution in [0.4, 0.5) is 4.39 Å². The van der Waals surface area contributed by atoms with Crippen LogP contribution in [-0.4, -0.2) is 47.0 Å². The van der Waals surface area contributed by atoms with E-state index in [-0.39, 0.29) is 24.2 Å². The first-order valence-electron chi connectivity index (χ1n) is 9.13. The van der Waals surface area contributed by atoms with Gasteiger partial charge in [0.15, 0.2) is 5.82 Å². The van der Waals surface area contributed by atoms with Crippen LogP contribution in [0.2, 0.25) is 0 Å². The van der Waals surface area contributed by atoms with Crippen molar-refractivity contribution in [3.05, 3.63) is 60.4 Å². The number of rotatable bonds is 6. The molecule has 1 aliphatic rings. The number of piperidine rings is 1. The minimum absolute atomic E-state index is 0.0853. The number of aromatic nitrogens is 3. The van der Waals surface area contributed by atoms with Crippen molar-refractivity contribution >= 4 is 10.0 Å². The maximum absolute atomic E-state index is 14.0. The molecule has 1 aromatic carbocycles. The lowest BCUT2D eigenvalue weighted by Crippen LogP contribution is -2.43. The number of ether oxygens (including phenoxy) is 1. The summed E-state index contributed by atoms with van der Waals surface area (Å²) in [5, 5.41) is 3.88. The molecule has 0 aliphatic carbocycles. The molecule has 2 aromatic heterocycles. The molecule has 1 saturated heterocycles. The molecular weight excluding hydrogens is 399 g/mol. The van der Waals surface area contributed by atoms with E-state index in [0.717, 1.165) is 6.07 Å². The second-order valence-electron chi connectivity index (χ2n) is 6.63. The van der Waals surface area contributed by atoms with Gasteiger partial charge < -0.3 is 9.26 Å². The van der Waals surface area contributed by atoms with E-state index in [0.29, 0.717) is 36.7 Å². The van der Waals surface area contributed by atoms with Gasteiger partial charge in [-0.25, -0.2) is 12.8 Å². The van der Waals surface area contributed by atoms with Crippen LogP contribution < -0.4 is 0 Å². The van der Waals surface area contributed by atoms with Crippen molar-refractivity contribution in [3.63, 3.8) is 0 Å². The van der Waals surface area contributed by atoms with Gasteiger partial charge in [0.1, 0.15) is 17.3 Å². The Labute approximate surface area is 167 Å². The van der Waals surface area contributed by atoms with Gasteiger partial charge in [-0.1, -0.05) is 17.3 Å². The Balaban J connectivity index is 1.40. The predicted octanol–water partition coefficient (Wildman–Crippen LogP) is 2.64. The second-order valence-corrected chi connectivity index (χ2v) is 8.53. The van der Waals surface area contributed by atoms with Gasteiger partial charge in [0.2, 0.25) is 10.0 Å². The zero-order valence-corrected chi connectivity index (χ0v) is 16.3. The average Bonchev–Trinajstić information content (AvgIpc) is 3.22. The summed E-state index contributed by atoms with van der Waals surface area (Å²) in [4.78, 5) is 7.95. The molecule has 1 fully saturated rings. The van der Waals surface area contributed by atoms with Crippen LogP contribution >= 0.6 is 0 Å². The summed E-state index contributed by atoms with van der Waals surface area (Å²) >= 11 is 0. The lowest BCUT2D eigenvalue weighted by molar-refractivity contribution is 0.00435. The normalized spacial score (nSPS) is 18.0. The quantitative estimate of drug-likeness (QED) is 0.607. The molecule has 0 bridgehead atoms. The molecule has 1 atom stereocenters. The van der Waals surface area contributed by atoms with Crippen LogP contribution in [0.1, 0.15) is 18.7 Å². The Kier molecular flexibility index (Phi) is 5.65. The number of hydrogen-bond donors (Lipinski definition) is 0. The number of nitrogens with zero attached hydrogens (tertiary/aromatic N) is 4. The summed E-state index contributed by atoms with van der Waals surface area (Å²) in [7, 11) is -3.92. The summed E-state index contributed by atoms with van der Waals surface area (Å²) in [6.45, 7) is 0.551. The summed E-state index contributed by atoms with van der Waals surface area (Å²) < 4.78 is 51.8. The summed E-state index contributed by atoms with van der Waals surface area (Å²) in [5.74, 6) is -0.0627. The van der Waals surface area contributed by atoms with E-state index in [9.17, 15) is 12.8 Å². The SMILES string of the molecule is O=S(=O)(c1ccccc1F)N1CCCC(OCc2noc(-c3cccnc3)n2)C1. The first kappa shape index (κ1) is 19.6. The average molecular weight is 418 g/mol.